The number of benzene rings is 1. The summed E-state index contributed by atoms with van der Waals surface area (Å²) < 4.78 is 6.96. The molecule has 4 nitrogen and oxygen atoms in total. The first-order chi connectivity index (χ1) is 9.31. The third-order valence-corrected chi connectivity index (χ3v) is 4.50. The first-order valence-corrected chi connectivity index (χ1v) is 7.18. The molecule has 1 aromatic heterocycles. The number of nitrogens with one attached hydrogen (secondary N) is 2. The number of hydrogen-bond acceptors (Lipinski definition) is 4. The number of fused-ring (bicyclic) bond motifs is 1. The van der Waals surface area contributed by atoms with Crippen molar-refractivity contribution in [1.82, 2.24) is 10.6 Å². The second kappa shape index (κ2) is 5.28. The number of ether oxygens (including phenoxy) is 1. The number of thiophene rings is 1. The Morgan fingerprint density at radius 1 is 1.47 bits per heavy atom. The Morgan fingerprint density at radius 2 is 2.32 bits per heavy atom. The molecule has 0 bridgehead atoms. The van der Waals surface area contributed by atoms with E-state index in [0.717, 1.165) is 33.6 Å². The van der Waals surface area contributed by atoms with E-state index in [9.17, 15) is 4.79 Å². The average molecular weight is 276 g/mol. The molecule has 1 amide bonds. The molecule has 1 saturated heterocycles. The van der Waals surface area contributed by atoms with E-state index in [2.05, 4.69) is 16.7 Å². The minimum absolute atomic E-state index is 0.0367. The molecule has 2 aromatic rings. The molecule has 0 saturated carbocycles. The molecule has 1 atom stereocenters. The molecule has 1 aromatic carbocycles. The first-order valence-electron chi connectivity index (χ1n) is 6.37. The van der Waals surface area contributed by atoms with Gasteiger partial charge in [-0.25, -0.2) is 0 Å². The molecule has 3 rings (SSSR count). The Balaban J connectivity index is 2.15. The largest absolute Gasteiger partial charge is 0.371 e. The molecule has 1 aliphatic rings. The van der Waals surface area contributed by atoms with E-state index in [-0.39, 0.29) is 12.0 Å². The van der Waals surface area contributed by atoms with Crippen LogP contribution in [0.5, 0.6) is 0 Å². The van der Waals surface area contributed by atoms with Crippen LogP contribution < -0.4 is 10.6 Å². The molecular weight excluding hydrogens is 260 g/mol. The summed E-state index contributed by atoms with van der Waals surface area (Å²) in [7, 11) is 1.66. The summed E-state index contributed by atoms with van der Waals surface area (Å²) in [5, 5.41) is 7.16. The highest BCUT2D eigenvalue weighted by Gasteiger charge is 2.26. The van der Waals surface area contributed by atoms with Gasteiger partial charge in [-0.2, -0.15) is 0 Å². The van der Waals surface area contributed by atoms with Crippen molar-refractivity contribution in [3.8, 4) is 0 Å². The van der Waals surface area contributed by atoms with E-state index in [1.54, 1.807) is 7.05 Å². The Bertz CT molecular complexity index is 603. The molecule has 2 heterocycles. The third-order valence-electron chi connectivity index (χ3n) is 3.32. The Labute approximate surface area is 115 Å². The lowest BCUT2D eigenvalue weighted by atomic mass is 10.0. The smallest absolute Gasteiger partial charge is 0.261 e. The zero-order valence-electron chi connectivity index (χ0n) is 10.7. The van der Waals surface area contributed by atoms with Gasteiger partial charge in [0, 0.05) is 30.4 Å². The Morgan fingerprint density at radius 3 is 3.05 bits per heavy atom. The van der Waals surface area contributed by atoms with E-state index < -0.39 is 0 Å². The van der Waals surface area contributed by atoms with Crippen LogP contribution >= 0.6 is 11.3 Å². The van der Waals surface area contributed by atoms with Crippen LogP contribution in [0, 0.1) is 0 Å². The maximum atomic E-state index is 12.1. The van der Waals surface area contributed by atoms with Gasteiger partial charge in [0.25, 0.3) is 5.91 Å². The fraction of sp³-hybridized carbons (Fsp3) is 0.357. The maximum absolute atomic E-state index is 12.1. The molecule has 5 heteroatoms. The van der Waals surface area contributed by atoms with Gasteiger partial charge in [-0.15, -0.1) is 11.3 Å². The van der Waals surface area contributed by atoms with Gasteiger partial charge < -0.3 is 15.4 Å². The number of morpholine rings is 1. The zero-order valence-corrected chi connectivity index (χ0v) is 11.5. The van der Waals surface area contributed by atoms with Gasteiger partial charge in [0.15, 0.2) is 0 Å². The van der Waals surface area contributed by atoms with Crippen molar-refractivity contribution in [2.45, 2.75) is 6.10 Å². The van der Waals surface area contributed by atoms with E-state index in [1.165, 1.54) is 11.3 Å². The third kappa shape index (κ3) is 2.25. The van der Waals surface area contributed by atoms with Gasteiger partial charge in [0.05, 0.1) is 17.6 Å². The number of rotatable bonds is 2. The molecule has 2 N–H and O–H groups in total. The van der Waals surface area contributed by atoms with Crippen molar-refractivity contribution < 1.29 is 9.53 Å². The van der Waals surface area contributed by atoms with E-state index in [1.807, 2.05) is 18.2 Å². The molecule has 0 unspecified atom stereocenters. The minimum atomic E-state index is -0.0443. The van der Waals surface area contributed by atoms with Crippen molar-refractivity contribution in [1.29, 1.82) is 0 Å². The van der Waals surface area contributed by atoms with Crippen LogP contribution in [0.4, 0.5) is 0 Å². The van der Waals surface area contributed by atoms with Crippen LogP contribution in [-0.4, -0.2) is 32.7 Å². The lowest BCUT2D eigenvalue weighted by Gasteiger charge is -2.24. The standard InChI is InChI=1S/C14H16N2O2S/c1-15-14(17)13-12(10-8-16-6-7-18-10)9-4-2-3-5-11(9)19-13/h2-5,10,16H,6-8H2,1H3,(H,15,17)/t10-/m1/s1. The fourth-order valence-corrected chi connectivity index (χ4v) is 3.62. The summed E-state index contributed by atoms with van der Waals surface area (Å²) in [6.07, 6.45) is -0.0443. The van der Waals surface area contributed by atoms with Gasteiger partial charge in [-0.1, -0.05) is 18.2 Å². The van der Waals surface area contributed by atoms with E-state index in [4.69, 9.17) is 4.74 Å². The highest BCUT2D eigenvalue weighted by molar-refractivity contribution is 7.21. The van der Waals surface area contributed by atoms with Gasteiger partial charge >= 0.3 is 0 Å². The molecular formula is C14H16N2O2S. The first kappa shape index (κ1) is 12.6. The van der Waals surface area contributed by atoms with Crippen LogP contribution in [0.2, 0.25) is 0 Å². The monoisotopic (exact) mass is 276 g/mol. The maximum Gasteiger partial charge on any atom is 0.261 e. The lowest BCUT2D eigenvalue weighted by molar-refractivity contribution is 0.0282. The lowest BCUT2D eigenvalue weighted by Crippen LogP contribution is -2.34. The molecule has 100 valence electrons. The minimum Gasteiger partial charge on any atom is -0.371 e. The Kier molecular flexibility index (Phi) is 3.50. The number of amides is 1. The summed E-state index contributed by atoms with van der Waals surface area (Å²) in [6.45, 7) is 2.31. The topological polar surface area (TPSA) is 50.4 Å². The van der Waals surface area contributed by atoms with Crippen LogP contribution in [-0.2, 0) is 4.74 Å². The summed E-state index contributed by atoms with van der Waals surface area (Å²) >= 11 is 1.53. The highest BCUT2D eigenvalue weighted by Crippen LogP contribution is 2.37. The van der Waals surface area contributed by atoms with Crippen molar-refractivity contribution >= 4 is 27.3 Å². The zero-order chi connectivity index (χ0) is 13.2. The summed E-state index contributed by atoms with van der Waals surface area (Å²) in [4.78, 5) is 12.8. The summed E-state index contributed by atoms with van der Waals surface area (Å²) in [5.74, 6) is -0.0367. The number of carbonyl (C=O) groups excluding carboxylic acids is 1. The quantitative estimate of drug-likeness (QED) is 0.881. The molecule has 1 fully saturated rings. The normalized spacial score (nSPS) is 19.5. The predicted octanol–water partition coefficient (Wildman–Crippen LogP) is 1.92. The van der Waals surface area contributed by atoms with E-state index >= 15 is 0 Å². The molecule has 19 heavy (non-hydrogen) atoms. The van der Waals surface area contributed by atoms with Gasteiger partial charge in [-0.05, 0) is 11.5 Å². The van der Waals surface area contributed by atoms with Crippen molar-refractivity contribution in [3.63, 3.8) is 0 Å². The van der Waals surface area contributed by atoms with Crippen molar-refractivity contribution in [3.05, 3.63) is 34.7 Å². The van der Waals surface area contributed by atoms with Crippen LogP contribution in [0.3, 0.4) is 0 Å². The predicted molar refractivity (Wildman–Crippen MR) is 76.8 cm³/mol. The summed E-state index contributed by atoms with van der Waals surface area (Å²) in [6, 6.07) is 8.11. The highest BCUT2D eigenvalue weighted by atomic mass is 32.1. The number of carbonyl (C=O) groups is 1. The average Bonchev–Trinajstić information content (AvgIpc) is 2.86. The van der Waals surface area contributed by atoms with Gasteiger partial charge in [0.1, 0.15) is 0 Å². The fourth-order valence-electron chi connectivity index (χ4n) is 2.42. The number of hydrogen-bond donors (Lipinski definition) is 2. The molecule has 1 aliphatic heterocycles. The van der Waals surface area contributed by atoms with Gasteiger partial charge in [0.2, 0.25) is 0 Å². The Hall–Kier alpha value is -1.43. The second-order valence-corrected chi connectivity index (χ2v) is 5.54. The van der Waals surface area contributed by atoms with Crippen LogP contribution in [0.25, 0.3) is 10.1 Å². The molecule has 0 aliphatic carbocycles. The van der Waals surface area contributed by atoms with Crippen molar-refractivity contribution in [2.75, 3.05) is 26.7 Å². The molecule has 0 spiro atoms. The van der Waals surface area contributed by atoms with E-state index in [0.29, 0.717) is 6.61 Å². The SMILES string of the molecule is CNC(=O)c1sc2ccccc2c1[C@H]1CNCCO1. The van der Waals surface area contributed by atoms with Gasteiger partial charge in [-0.3, -0.25) is 4.79 Å². The van der Waals surface area contributed by atoms with Crippen molar-refractivity contribution in [2.24, 2.45) is 0 Å². The second-order valence-electron chi connectivity index (χ2n) is 4.48. The molecule has 0 radical (unpaired) electrons. The van der Waals surface area contributed by atoms with Crippen LogP contribution in [0.1, 0.15) is 21.3 Å². The van der Waals surface area contributed by atoms with Crippen LogP contribution in [0.15, 0.2) is 24.3 Å². The summed E-state index contributed by atoms with van der Waals surface area (Å²) in [5.41, 5.74) is 1.02.